The minimum absolute atomic E-state index is 0.362. The minimum atomic E-state index is 0.362. The fraction of sp³-hybridized carbons (Fsp3) is 0.440. The van der Waals surface area contributed by atoms with Gasteiger partial charge >= 0.3 is 0 Å². The Balaban J connectivity index is 1.71. The molecule has 1 aliphatic heterocycles. The lowest BCUT2D eigenvalue weighted by molar-refractivity contribution is 0.270. The average Bonchev–Trinajstić information content (AvgIpc) is 3.09. The molecule has 2 aromatic rings. The summed E-state index contributed by atoms with van der Waals surface area (Å²) >= 11 is 0. The largest absolute Gasteiger partial charge is 0.493 e. The third kappa shape index (κ3) is 3.38. The Bertz CT molecular complexity index is 857. The minimum Gasteiger partial charge on any atom is -0.493 e. The van der Waals surface area contributed by atoms with Crippen LogP contribution in [-0.2, 0) is 0 Å². The van der Waals surface area contributed by atoms with Gasteiger partial charge in [0.1, 0.15) is 5.75 Å². The zero-order valence-corrected chi connectivity index (χ0v) is 17.2. The van der Waals surface area contributed by atoms with Crippen LogP contribution in [0.2, 0.25) is 0 Å². The van der Waals surface area contributed by atoms with Crippen LogP contribution in [0.25, 0.3) is 0 Å². The van der Waals surface area contributed by atoms with Gasteiger partial charge in [0.2, 0.25) is 0 Å². The summed E-state index contributed by atoms with van der Waals surface area (Å²) < 4.78 is 5.99. The summed E-state index contributed by atoms with van der Waals surface area (Å²) in [5.41, 5.74) is 8.26. The predicted molar refractivity (Wildman–Crippen MR) is 114 cm³/mol. The number of fused-ring (bicyclic) bond motifs is 3. The van der Waals surface area contributed by atoms with E-state index >= 15 is 0 Å². The molecule has 0 aromatic heterocycles. The van der Waals surface area contributed by atoms with E-state index < -0.39 is 0 Å². The quantitative estimate of drug-likeness (QED) is 0.630. The van der Waals surface area contributed by atoms with Crippen molar-refractivity contribution in [1.82, 2.24) is 0 Å². The van der Waals surface area contributed by atoms with Gasteiger partial charge in [0, 0.05) is 11.6 Å². The van der Waals surface area contributed by atoms with Crippen LogP contribution >= 0.6 is 0 Å². The van der Waals surface area contributed by atoms with E-state index in [1.807, 2.05) is 0 Å². The van der Waals surface area contributed by atoms with Gasteiger partial charge in [-0.15, -0.1) is 0 Å². The molecule has 142 valence electrons. The molecule has 1 N–H and O–H groups in total. The molecule has 4 rings (SSSR count). The molecule has 2 aliphatic rings. The monoisotopic (exact) mass is 361 g/mol. The number of rotatable bonds is 4. The van der Waals surface area contributed by atoms with E-state index in [1.165, 1.54) is 33.5 Å². The summed E-state index contributed by atoms with van der Waals surface area (Å²) in [7, 11) is 0. The molecule has 2 heteroatoms. The van der Waals surface area contributed by atoms with Crippen molar-refractivity contribution in [2.75, 3.05) is 11.9 Å². The van der Waals surface area contributed by atoms with Crippen molar-refractivity contribution in [2.24, 2.45) is 11.8 Å². The topological polar surface area (TPSA) is 21.3 Å². The van der Waals surface area contributed by atoms with E-state index in [0.717, 1.165) is 18.8 Å². The van der Waals surface area contributed by atoms with Gasteiger partial charge in [-0.3, -0.25) is 0 Å². The second-order valence-corrected chi connectivity index (χ2v) is 8.74. The van der Waals surface area contributed by atoms with Crippen molar-refractivity contribution < 1.29 is 4.74 Å². The molecule has 2 aromatic carbocycles. The van der Waals surface area contributed by atoms with Gasteiger partial charge in [-0.2, -0.15) is 0 Å². The fourth-order valence-electron chi connectivity index (χ4n) is 4.89. The summed E-state index contributed by atoms with van der Waals surface area (Å²) in [6.45, 7) is 11.8. The zero-order valence-electron chi connectivity index (χ0n) is 17.2. The van der Waals surface area contributed by atoms with E-state index in [9.17, 15) is 0 Å². The summed E-state index contributed by atoms with van der Waals surface area (Å²) in [6.07, 6.45) is 5.90. The van der Waals surface area contributed by atoms with Crippen LogP contribution < -0.4 is 10.1 Å². The summed E-state index contributed by atoms with van der Waals surface area (Å²) in [5.74, 6) is 2.56. The molecule has 0 spiro atoms. The molecule has 3 unspecified atom stereocenters. The molecule has 27 heavy (non-hydrogen) atoms. The Morgan fingerprint density at radius 1 is 1.07 bits per heavy atom. The molecule has 0 fully saturated rings. The molecular formula is C25H31NO. The van der Waals surface area contributed by atoms with Gasteiger partial charge in [0.05, 0.1) is 12.6 Å². The van der Waals surface area contributed by atoms with Crippen LogP contribution in [0.5, 0.6) is 5.75 Å². The summed E-state index contributed by atoms with van der Waals surface area (Å²) in [6, 6.07) is 11.6. The lowest BCUT2D eigenvalue weighted by atomic mass is 9.75. The standard InChI is InChI=1S/C25H31NO/c1-15(2)14-27-19-9-10-23-22(13-19)20-7-6-8-21(20)25(26-23)24-17(4)11-16(3)12-18(24)5/h6-7,9-13,15,20-21,25-26H,8,14H2,1-5H3. The average molecular weight is 362 g/mol. The van der Waals surface area contributed by atoms with Crippen LogP contribution in [0.1, 0.15) is 60.0 Å². The number of aryl methyl sites for hydroxylation is 3. The third-order valence-corrected chi connectivity index (χ3v) is 5.97. The van der Waals surface area contributed by atoms with E-state index in [2.05, 4.69) is 82.4 Å². The normalized spacial score (nSPS) is 23.1. The molecular weight excluding hydrogens is 330 g/mol. The lowest BCUT2D eigenvalue weighted by Crippen LogP contribution is -2.30. The van der Waals surface area contributed by atoms with Gasteiger partial charge in [-0.1, -0.05) is 43.7 Å². The van der Waals surface area contributed by atoms with Gasteiger partial charge in [0.15, 0.2) is 0 Å². The Morgan fingerprint density at radius 2 is 1.81 bits per heavy atom. The first-order valence-corrected chi connectivity index (χ1v) is 10.2. The Hall–Kier alpha value is -2.22. The summed E-state index contributed by atoms with van der Waals surface area (Å²) in [5, 5.41) is 3.88. The lowest BCUT2D eigenvalue weighted by Gasteiger charge is -2.39. The SMILES string of the molecule is Cc1cc(C)c(C2Nc3ccc(OCC(C)C)cc3C3C=CCC32)c(C)c1. The van der Waals surface area contributed by atoms with Crippen LogP contribution in [0, 0.1) is 32.6 Å². The van der Waals surface area contributed by atoms with Gasteiger partial charge < -0.3 is 10.1 Å². The zero-order chi connectivity index (χ0) is 19.1. The van der Waals surface area contributed by atoms with Crippen molar-refractivity contribution in [2.45, 2.75) is 53.0 Å². The number of hydrogen-bond acceptors (Lipinski definition) is 2. The number of allylic oxidation sites excluding steroid dienone is 2. The fourth-order valence-corrected chi connectivity index (χ4v) is 4.89. The highest BCUT2D eigenvalue weighted by Crippen LogP contribution is 2.51. The molecule has 2 nitrogen and oxygen atoms in total. The Kier molecular flexibility index (Phi) is 4.75. The highest BCUT2D eigenvalue weighted by atomic mass is 16.5. The predicted octanol–water partition coefficient (Wildman–Crippen LogP) is 6.47. The first kappa shape index (κ1) is 18.2. The van der Waals surface area contributed by atoms with Gasteiger partial charge in [-0.25, -0.2) is 0 Å². The number of anilines is 1. The Labute approximate surface area is 163 Å². The maximum atomic E-state index is 5.99. The second kappa shape index (κ2) is 7.07. The van der Waals surface area contributed by atoms with Crippen molar-refractivity contribution in [3.8, 4) is 5.75 Å². The van der Waals surface area contributed by atoms with Crippen molar-refractivity contribution >= 4 is 5.69 Å². The number of benzene rings is 2. The number of ether oxygens (including phenoxy) is 1. The van der Waals surface area contributed by atoms with E-state index in [1.54, 1.807) is 0 Å². The highest BCUT2D eigenvalue weighted by Gasteiger charge is 2.39. The third-order valence-electron chi connectivity index (χ3n) is 5.97. The van der Waals surface area contributed by atoms with Crippen LogP contribution in [-0.4, -0.2) is 6.61 Å². The maximum Gasteiger partial charge on any atom is 0.119 e. The van der Waals surface area contributed by atoms with Gasteiger partial charge in [-0.05, 0) is 79.5 Å². The van der Waals surface area contributed by atoms with E-state index in [4.69, 9.17) is 4.74 Å². The second-order valence-electron chi connectivity index (χ2n) is 8.74. The van der Waals surface area contributed by atoms with E-state index in [0.29, 0.717) is 23.8 Å². The molecule has 0 bridgehead atoms. The Morgan fingerprint density at radius 3 is 2.52 bits per heavy atom. The van der Waals surface area contributed by atoms with Crippen LogP contribution in [0.3, 0.4) is 0 Å². The molecule has 0 amide bonds. The first-order valence-electron chi connectivity index (χ1n) is 10.2. The molecule has 0 saturated heterocycles. The smallest absolute Gasteiger partial charge is 0.119 e. The molecule has 3 atom stereocenters. The molecule has 1 aliphatic carbocycles. The van der Waals surface area contributed by atoms with E-state index in [-0.39, 0.29) is 0 Å². The van der Waals surface area contributed by atoms with Crippen LogP contribution in [0.4, 0.5) is 5.69 Å². The van der Waals surface area contributed by atoms with Gasteiger partial charge in [0.25, 0.3) is 0 Å². The molecule has 0 radical (unpaired) electrons. The van der Waals surface area contributed by atoms with Crippen molar-refractivity contribution in [1.29, 1.82) is 0 Å². The van der Waals surface area contributed by atoms with Crippen LogP contribution in [0.15, 0.2) is 42.5 Å². The number of nitrogens with one attached hydrogen (secondary N) is 1. The van der Waals surface area contributed by atoms with Crippen molar-refractivity contribution in [3.63, 3.8) is 0 Å². The summed E-state index contributed by atoms with van der Waals surface area (Å²) in [4.78, 5) is 0. The maximum absolute atomic E-state index is 5.99. The molecule has 1 heterocycles. The first-order chi connectivity index (χ1) is 12.9. The highest BCUT2D eigenvalue weighted by molar-refractivity contribution is 5.62. The molecule has 0 saturated carbocycles. The number of hydrogen-bond donors (Lipinski definition) is 1. The van der Waals surface area contributed by atoms with Crippen molar-refractivity contribution in [3.05, 3.63) is 70.3 Å².